The summed E-state index contributed by atoms with van der Waals surface area (Å²) in [6.45, 7) is 1.85. The number of nitrogens with two attached hydrogens (primary N) is 1. The SMILES string of the molecule is CC(Sc1nnc(-c2ccco2)n1N)C(=O)NC1CCCCC1. The van der Waals surface area contributed by atoms with Gasteiger partial charge >= 0.3 is 0 Å². The van der Waals surface area contributed by atoms with Crippen LogP contribution < -0.4 is 11.2 Å². The van der Waals surface area contributed by atoms with Crippen LogP contribution in [0, 0.1) is 0 Å². The summed E-state index contributed by atoms with van der Waals surface area (Å²) in [5.74, 6) is 7.01. The molecule has 23 heavy (non-hydrogen) atoms. The summed E-state index contributed by atoms with van der Waals surface area (Å²) >= 11 is 1.30. The van der Waals surface area contributed by atoms with E-state index in [1.807, 2.05) is 6.92 Å². The minimum atomic E-state index is -0.284. The van der Waals surface area contributed by atoms with Gasteiger partial charge in [0.2, 0.25) is 16.9 Å². The van der Waals surface area contributed by atoms with E-state index in [1.54, 1.807) is 18.4 Å². The molecule has 0 aliphatic heterocycles. The molecule has 0 saturated heterocycles. The fourth-order valence-corrected chi connectivity index (χ4v) is 3.49. The fourth-order valence-electron chi connectivity index (χ4n) is 2.71. The van der Waals surface area contributed by atoms with Crippen LogP contribution in [-0.2, 0) is 4.79 Å². The average Bonchev–Trinajstić information content (AvgIpc) is 3.19. The maximum absolute atomic E-state index is 12.3. The summed E-state index contributed by atoms with van der Waals surface area (Å²) in [5, 5.41) is 11.4. The maximum atomic E-state index is 12.3. The Morgan fingerprint density at radius 3 is 2.91 bits per heavy atom. The maximum Gasteiger partial charge on any atom is 0.233 e. The summed E-state index contributed by atoms with van der Waals surface area (Å²) < 4.78 is 6.63. The van der Waals surface area contributed by atoms with Crippen LogP contribution >= 0.6 is 11.8 Å². The topological polar surface area (TPSA) is 99.0 Å². The van der Waals surface area contributed by atoms with E-state index >= 15 is 0 Å². The third kappa shape index (κ3) is 3.69. The fraction of sp³-hybridized carbons (Fsp3) is 0.533. The van der Waals surface area contributed by atoms with Gasteiger partial charge in [-0.05, 0) is 31.9 Å². The van der Waals surface area contributed by atoms with Gasteiger partial charge in [-0.15, -0.1) is 10.2 Å². The molecule has 7 nitrogen and oxygen atoms in total. The Balaban J connectivity index is 1.61. The van der Waals surface area contributed by atoms with Crippen molar-refractivity contribution in [2.75, 3.05) is 5.84 Å². The highest BCUT2D eigenvalue weighted by Crippen LogP contribution is 2.25. The van der Waals surface area contributed by atoms with Gasteiger partial charge in [-0.25, -0.2) is 4.68 Å². The van der Waals surface area contributed by atoms with Crippen LogP contribution in [0.25, 0.3) is 11.6 Å². The van der Waals surface area contributed by atoms with E-state index in [1.165, 1.54) is 35.7 Å². The second-order valence-corrected chi connectivity index (χ2v) is 7.07. The van der Waals surface area contributed by atoms with Crippen molar-refractivity contribution < 1.29 is 9.21 Å². The lowest BCUT2D eigenvalue weighted by atomic mass is 9.95. The quantitative estimate of drug-likeness (QED) is 0.642. The molecule has 2 aromatic heterocycles. The van der Waals surface area contributed by atoms with Gasteiger partial charge in [0, 0.05) is 6.04 Å². The molecule has 0 bridgehead atoms. The monoisotopic (exact) mass is 335 g/mol. The normalized spacial score (nSPS) is 17.1. The number of rotatable bonds is 5. The van der Waals surface area contributed by atoms with Crippen LogP contribution in [0.15, 0.2) is 28.0 Å². The molecule has 1 atom stereocenters. The standard InChI is InChI=1S/C15H21N5O2S/c1-10(14(21)17-11-6-3-2-4-7-11)23-15-19-18-13(20(15)16)12-8-5-9-22-12/h5,8-11H,2-4,6-7,16H2,1H3,(H,17,21). The van der Waals surface area contributed by atoms with Gasteiger partial charge in [0.05, 0.1) is 11.5 Å². The molecule has 2 aromatic rings. The number of hydrogen-bond donors (Lipinski definition) is 2. The molecule has 1 fully saturated rings. The van der Waals surface area contributed by atoms with Crippen molar-refractivity contribution in [2.24, 2.45) is 0 Å². The van der Waals surface area contributed by atoms with Gasteiger partial charge in [0.15, 0.2) is 5.76 Å². The molecule has 3 N–H and O–H groups in total. The molecule has 0 spiro atoms. The zero-order valence-corrected chi connectivity index (χ0v) is 13.9. The Labute approximate surface area is 139 Å². The number of thioether (sulfide) groups is 1. The van der Waals surface area contributed by atoms with Gasteiger partial charge in [-0.1, -0.05) is 31.0 Å². The van der Waals surface area contributed by atoms with Crippen LogP contribution in [0.2, 0.25) is 0 Å². The van der Waals surface area contributed by atoms with Crippen LogP contribution in [0.4, 0.5) is 0 Å². The van der Waals surface area contributed by atoms with E-state index in [0.29, 0.717) is 22.8 Å². The molecule has 1 saturated carbocycles. The molecule has 124 valence electrons. The summed E-state index contributed by atoms with van der Waals surface area (Å²) in [6, 6.07) is 3.83. The highest BCUT2D eigenvalue weighted by molar-refractivity contribution is 8.00. The Morgan fingerprint density at radius 2 is 2.22 bits per heavy atom. The molecule has 2 heterocycles. The number of nitrogens with one attached hydrogen (secondary N) is 1. The van der Waals surface area contributed by atoms with Gasteiger partial charge in [-0.3, -0.25) is 4.79 Å². The number of amides is 1. The number of furan rings is 1. The van der Waals surface area contributed by atoms with Gasteiger partial charge in [0.25, 0.3) is 0 Å². The second-order valence-electron chi connectivity index (χ2n) is 5.76. The zero-order chi connectivity index (χ0) is 16.2. The molecule has 1 unspecified atom stereocenters. The second kappa shape index (κ2) is 7.08. The lowest BCUT2D eigenvalue weighted by Gasteiger charge is -2.24. The average molecular weight is 335 g/mol. The van der Waals surface area contributed by atoms with E-state index < -0.39 is 0 Å². The smallest absolute Gasteiger partial charge is 0.233 e. The molecule has 3 rings (SSSR count). The van der Waals surface area contributed by atoms with E-state index in [2.05, 4.69) is 15.5 Å². The molecular formula is C15H21N5O2S. The number of hydrogen-bond acceptors (Lipinski definition) is 6. The third-order valence-corrected chi connectivity index (χ3v) is 5.07. The van der Waals surface area contributed by atoms with Gasteiger partial charge in [-0.2, -0.15) is 0 Å². The largest absolute Gasteiger partial charge is 0.461 e. The first-order chi connectivity index (χ1) is 11.1. The van der Waals surface area contributed by atoms with Gasteiger partial charge in [0.1, 0.15) is 0 Å². The first-order valence-electron chi connectivity index (χ1n) is 7.86. The Hall–Kier alpha value is -1.96. The molecule has 8 heteroatoms. The van der Waals surface area contributed by atoms with Crippen molar-refractivity contribution in [1.29, 1.82) is 0 Å². The molecule has 1 aliphatic carbocycles. The van der Waals surface area contributed by atoms with Crippen LogP contribution in [0.5, 0.6) is 0 Å². The molecule has 0 radical (unpaired) electrons. The van der Waals surface area contributed by atoms with E-state index in [0.717, 1.165) is 12.8 Å². The number of nitrogens with zero attached hydrogens (tertiary/aromatic N) is 3. The van der Waals surface area contributed by atoms with Gasteiger partial charge < -0.3 is 15.6 Å². The Bertz CT molecular complexity index is 649. The lowest BCUT2D eigenvalue weighted by Crippen LogP contribution is -2.40. The van der Waals surface area contributed by atoms with E-state index in [-0.39, 0.29) is 11.2 Å². The van der Waals surface area contributed by atoms with Crippen molar-refractivity contribution in [3.05, 3.63) is 18.4 Å². The van der Waals surface area contributed by atoms with Crippen molar-refractivity contribution in [3.63, 3.8) is 0 Å². The number of carbonyl (C=O) groups excluding carboxylic acids is 1. The van der Waals surface area contributed by atoms with Crippen LogP contribution in [0.1, 0.15) is 39.0 Å². The summed E-state index contributed by atoms with van der Waals surface area (Å²) in [6.07, 6.45) is 7.34. The Kier molecular flexibility index (Phi) is 4.90. The summed E-state index contributed by atoms with van der Waals surface area (Å²) in [7, 11) is 0. The number of nitrogen functional groups attached to an aromatic ring is 1. The molecule has 1 amide bonds. The van der Waals surface area contributed by atoms with E-state index in [4.69, 9.17) is 10.3 Å². The lowest BCUT2D eigenvalue weighted by molar-refractivity contribution is -0.121. The first kappa shape index (κ1) is 15.9. The minimum absolute atomic E-state index is 0.0180. The highest BCUT2D eigenvalue weighted by atomic mass is 32.2. The van der Waals surface area contributed by atoms with Crippen molar-refractivity contribution in [3.8, 4) is 11.6 Å². The van der Waals surface area contributed by atoms with Crippen molar-refractivity contribution in [2.45, 2.75) is 55.5 Å². The van der Waals surface area contributed by atoms with Crippen molar-refractivity contribution in [1.82, 2.24) is 20.2 Å². The Morgan fingerprint density at radius 1 is 1.43 bits per heavy atom. The number of aromatic nitrogens is 3. The molecular weight excluding hydrogens is 314 g/mol. The first-order valence-corrected chi connectivity index (χ1v) is 8.74. The summed E-state index contributed by atoms with van der Waals surface area (Å²) in [4.78, 5) is 12.3. The predicted molar refractivity (Wildman–Crippen MR) is 88.2 cm³/mol. The number of carbonyl (C=O) groups is 1. The third-order valence-electron chi connectivity index (χ3n) is 4.01. The minimum Gasteiger partial charge on any atom is -0.461 e. The van der Waals surface area contributed by atoms with E-state index in [9.17, 15) is 4.79 Å². The predicted octanol–water partition coefficient (Wildman–Crippen LogP) is 2.18. The van der Waals surface area contributed by atoms with Crippen LogP contribution in [0.3, 0.4) is 0 Å². The molecule has 1 aliphatic rings. The zero-order valence-electron chi connectivity index (χ0n) is 13.1. The highest BCUT2D eigenvalue weighted by Gasteiger charge is 2.23. The summed E-state index contributed by atoms with van der Waals surface area (Å²) in [5.41, 5.74) is 0. The van der Waals surface area contributed by atoms with Crippen molar-refractivity contribution >= 4 is 17.7 Å². The molecule has 0 aromatic carbocycles. The van der Waals surface area contributed by atoms with Crippen LogP contribution in [-0.4, -0.2) is 32.1 Å².